The van der Waals surface area contributed by atoms with E-state index in [1.54, 1.807) is 0 Å². The van der Waals surface area contributed by atoms with Gasteiger partial charge in [-0.2, -0.15) is 0 Å². The van der Waals surface area contributed by atoms with Gasteiger partial charge in [0.1, 0.15) is 0 Å². The van der Waals surface area contributed by atoms with Crippen LogP contribution in [0.5, 0.6) is 0 Å². The van der Waals surface area contributed by atoms with Crippen LogP contribution in [0.1, 0.15) is 61.6 Å². The lowest BCUT2D eigenvalue weighted by Gasteiger charge is -2.26. The standard InChI is InChI=1S/C20H33NO2/c1-2-5-20(14-21)19-9-8-17-12-16(6-7-18(17)13-19)15-23-11-4-3-10-22/h8-9,13,16,20,22H,2-7,10-12,14-15,21H2,1H3. The zero-order chi connectivity index (χ0) is 16.5. The third-order valence-corrected chi connectivity index (χ3v) is 5.00. The van der Waals surface area contributed by atoms with E-state index in [9.17, 15) is 0 Å². The molecule has 3 N–H and O–H groups in total. The van der Waals surface area contributed by atoms with Gasteiger partial charge in [0.25, 0.3) is 0 Å². The third kappa shape index (κ3) is 5.59. The van der Waals surface area contributed by atoms with Crippen molar-refractivity contribution in [3.05, 3.63) is 34.9 Å². The Morgan fingerprint density at radius 3 is 2.91 bits per heavy atom. The molecule has 1 aromatic carbocycles. The molecule has 2 rings (SSSR count). The minimum Gasteiger partial charge on any atom is -0.396 e. The van der Waals surface area contributed by atoms with Crippen LogP contribution in [-0.4, -0.2) is 31.5 Å². The molecular formula is C20H33NO2. The van der Waals surface area contributed by atoms with Gasteiger partial charge in [0.2, 0.25) is 0 Å². The van der Waals surface area contributed by atoms with Crippen molar-refractivity contribution < 1.29 is 9.84 Å². The number of nitrogens with two attached hydrogens (primary N) is 1. The summed E-state index contributed by atoms with van der Waals surface area (Å²) in [6.07, 6.45) is 7.69. The molecule has 1 aliphatic carbocycles. The maximum Gasteiger partial charge on any atom is 0.0497 e. The number of hydrogen-bond acceptors (Lipinski definition) is 3. The molecule has 0 saturated heterocycles. The van der Waals surface area contributed by atoms with Gasteiger partial charge < -0.3 is 15.6 Å². The molecule has 0 spiro atoms. The average Bonchev–Trinajstić information content (AvgIpc) is 2.59. The molecule has 2 atom stereocenters. The van der Waals surface area contributed by atoms with Crippen LogP contribution in [0.2, 0.25) is 0 Å². The van der Waals surface area contributed by atoms with Gasteiger partial charge in [0, 0.05) is 19.8 Å². The Morgan fingerprint density at radius 1 is 1.30 bits per heavy atom. The maximum atomic E-state index is 8.77. The molecule has 1 aromatic rings. The highest BCUT2D eigenvalue weighted by molar-refractivity contribution is 5.36. The molecule has 0 amide bonds. The fourth-order valence-corrected chi connectivity index (χ4v) is 3.58. The Hall–Kier alpha value is -0.900. The lowest BCUT2D eigenvalue weighted by Crippen LogP contribution is -2.20. The largest absolute Gasteiger partial charge is 0.396 e. The van der Waals surface area contributed by atoms with E-state index in [-0.39, 0.29) is 6.61 Å². The van der Waals surface area contributed by atoms with Crippen LogP contribution >= 0.6 is 0 Å². The first-order chi connectivity index (χ1) is 11.3. The number of aliphatic hydroxyl groups is 1. The maximum absolute atomic E-state index is 8.77. The van der Waals surface area contributed by atoms with E-state index < -0.39 is 0 Å². The number of ether oxygens (including phenoxy) is 1. The molecule has 0 radical (unpaired) electrons. The molecule has 0 heterocycles. The van der Waals surface area contributed by atoms with Crippen molar-refractivity contribution in [1.29, 1.82) is 0 Å². The zero-order valence-corrected chi connectivity index (χ0v) is 14.6. The summed E-state index contributed by atoms with van der Waals surface area (Å²) in [5.74, 6) is 1.15. The van der Waals surface area contributed by atoms with Gasteiger partial charge in [0.05, 0.1) is 0 Å². The number of hydrogen-bond donors (Lipinski definition) is 2. The fourth-order valence-electron chi connectivity index (χ4n) is 3.58. The highest BCUT2D eigenvalue weighted by Gasteiger charge is 2.20. The van der Waals surface area contributed by atoms with Crippen molar-refractivity contribution in [1.82, 2.24) is 0 Å². The molecule has 0 aliphatic heterocycles. The monoisotopic (exact) mass is 319 g/mol. The Balaban J connectivity index is 1.87. The first kappa shape index (κ1) is 18.4. The van der Waals surface area contributed by atoms with E-state index in [0.29, 0.717) is 11.8 Å². The average molecular weight is 319 g/mol. The predicted octanol–water partition coefficient (Wildman–Crippen LogP) is 3.42. The summed E-state index contributed by atoms with van der Waals surface area (Å²) < 4.78 is 5.77. The number of aliphatic hydroxyl groups excluding tert-OH is 1. The van der Waals surface area contributed by atoms with Crippen LogP contribution in [0.3, 0.4) is 0 Å². The predicted molar refractivity (Wildman–Crippen MR) is 95.8 cm³/mol. The van der Waals surface area contributed by atoms with E-state index in [1.165, 1.54) is 36.0 Å². The lowest BCUT2D eigenvalue weighted by atomic mass is 9.82. The highest BCUT2D eigenvalue weighted by atomic mass is 16.5. The van der Waals surface area contributed by atoms with Crippen molar-refractivity contribution >= 4 is 0 Å². The molecule has 3 heteroatoms. The normalized spacial score (nSPS) is 18.7. The Labute approximate surface area is 141 Å². The van der Waals surface area contributed by atoms with Gasteiger partial charge in [-0.15, -0.1) is 0 Å². The van der Waals surface area contributed by atoms with Crippen LogP contribution < -0.4 is 5.73 Å². The Kier molecular flexibility index (Phi) is 8.07. The first-order valence-electron chi connectivity index (χ1n) is 9.28. The van der Waals surface area contributed by atoms with Crippen LogP contribution in [0.4, 0.5) is 0 Å². The van der Waals surface area contributed by atoms with Gasteiger partial charge in [-0.05, 0) is 73.6 Å². The summed E-state index contributed by atoms with van der Waals surface area (Å²) in [5, 5.41) is 8.77. The molecule has 1 aliphatic rings. The molecule has 0 saturated carbocycles. The van der Waals surface area contributed by atoms with Crippen LogP contribution in [-0.2, 0) is 17.6 Å². The number of aryl methyl sites for hydroxylation is 1. The topological polar surface area (TPSA) is 55.5 Å². The fraction of sp³-hybridized carbons (Fsp3) is 0.700. The molecule has 0 aromatic heterocycles. The zero-order valence-electron chi connectivity index (χ0n) is 14.6. The van der Waals surface area contributed by atoms with E-state index in [1.807, 2.05) is 0 Å². The molecule has 0 bridgehead atoms. The SMILES string of the molecule is CCCC(CN)c1ccc2c(c1)CCC(COCCCCO)C2. The summed E-state index contributed by atoms with van der Waals surface area (Å²) in [5.41, 5.74) is 10.4. The first-order valence-corrected chi connectivity index (χ1v) is 9.28. The van der Waals surface area contributed by atoms with Crippen LogP contribution in [0, 0.1) is 5.92 Å². The van der Waals surface area contributed by atoms with Crippen molar-refractivity contribution in [2.24, 2.45) is 11.7 Å². The molecule has 2 unspecified atom stereocenters. The Bertz CT molecular complexity index is 461. The number of benzene rings is 1. The van der Waals surface area contributed by atoms with E-state index in [4.69, 9.17) is 15.6 Å². The van der Waals surface area contributed by atoms with Crippen molar-refractivity contribution in [3.63, 3.8) is 0 Å². The smallest absolute Gasteiger partial charge is 0.0497 e. The quantitative estimate of drug-likeness (QED) is 0.650. The molecule has 3 nitrogen and oxygen atoms in total. The van der Waals surface area contributed by atoms with E-state index in [0.717, 1.165) is 45.4 Å². The molecule has 23 heavy (non-hydrogen) atoms. The van der Waals surface area contributed by atoms with Gasteiger partial charge in [-0.3, -0.25) is 0 Å². The number of unbranched alkanes of at least 4 members (excludes halogenated alkanes) is 1. The van der Waals surface area contributed by atoms with Gasteiger partial charge in [-0.1, -0.05) is 31.5 Å². The van der Waals surface area contributed by atoms with Crippen molar-refractivity contribution in [2.75, 3.05) is 26.4 Å². The second-order valence-electron chi connectivity index (χ2n) is 6.86. The summed E-state index contributed by atoms with van der Waals surface area (Å²) in [6.45, 7) is 4.87. The minimum atomic E-state index is 0.268. The van der Waals surface area contributed by atoms with Gasteiger partial charge >= 0.3 is 0 Å². The van der Waals surface area contributed by atoms with Crippen molar-refractivity contribution in [3.8, 4) is 0 Å². The van der Waals surface area contributed by atoms with E-state index in [2.05, 4.69) is 25.1 Å². The molecule has 0 fully saturated rings. The molecular weight excluding hydrogens is 286 g/mol. The second kappa shape index (κ2) is 10.1. The number of rotatable bonds is 10. The summed E-state index contributed by atoms with van der Waals surface area (Å²) >= 11 is 0. The highest BCUT2D eigenvalue weighted by Crippen LogP contribution is 2.30. The Morgan fingerprint density at radius 2 is 2.17 bits per heavy atom. The summed E-state index contributed by atoms with van der Waals surface area (Å²) in [4.78, 5) is 0. The van der Waals surface area contributed by atoms with Gasteiger partial charge in [-0.25, -0.2) is 0 Å². The summed E-state index contributed by atoms with van der Waals surface area (Å²) in [6, 6.07) is 7.01. The molecule has 130 valence electrons. The van der Waals surface area contributed by atoms with Gasteiger partial charge in [0.15, 0.2) is 0 Å². The van der Waals surface area contributed by atoms with Crippen molar-refractivity contribution in [2.45, 2.75) is 57.8 Å². The number of fused-ring (bicyclic) bond motifs is 1. The van der Waals surface area contributed by atoms with Crippen LogP contribution in [0.15, 0.2) is 18.2 Å². The third-order valence-electron chi connectivity index (χ3n) is 5.00. The van der Waals surface area contributed by atoms with E-state index >= 15 is 0 Å². The lowest BCUT2D eigenvalue weighted by molar-refractivity contribution is 0.0884. The summed E-state index contributed by atoms with van der Waals surface area (Å²) in [7, 11) is 0. The second-order valence-corrected chi connectivity index (χ2v) is 6.86. The van der Waals surface area contributed by atoms with Crippen LogP contribution in [0.25, 0.3) is 0 Å². The minimum absolute atomic E-state index is 0.268.